The molecule has 0 spiro atoms. The maximum absolute atomic E-state index is 2.66. The van der Waals surface area contributed by atoms with Crippen LogP contribution in [0.15, 0.2) is 0 Å². The third kappa shape index (κ3) is 2.22. The first-order chi connectivity index (χ1) is 5.95. The summed E-state index contributed by atoms with van der Waals surface area (Å²) in [6.07, 6.45) is 11.0. The minimum absolute atomic E-state index is 1.02. The van der Waals surface area contributed by atoms with Gasteiger partial charge in [0.1, 0.15) is 0 Å². The van der Waals surface area contributed by atoms with Gasteiger partial charge in [-0.1, -0.05) is 0 Å². The average Bonchev–Trinajstić information content (AvgIpc) is 2.59. The predicted molar refractivity (Wildman–Crippen MR) is 51.9 cm³/mol. The Bertz CT molecular complexity index is 121. The summed E-state index contributed by atoms with van der Waals surface area (Å²) in [5, 5.41) is 0. The van der Waals surface area contributed by atoms with Crippen LogP contribution >= 0.6 is 0 Å². The summed E-state index contributed by atoms with van der Waals surface area (Å²) in [6.45, 7) is 4.15. The van der Waals surface area contributed by atoms with Crippen molar-refractivity contribution >= 4 is 0 Å². The fourth-order valence-corrected chi connectivity index (χ4v) is 2.51. The summed E-state index contributed by atoms with van der Waals surface area (Å²) < 4.78 is 0. The second-order valence-electron chi connectivity index (χ2n) is 4.32. The van der Waals surface area contributed by atoms with Crippen molar-refractivity contribution in [1.82, 2.24) is 4.90 Å². The van der Waals surface area contributed by atoms with E-state index >= 15 is 0 Å². The van der Waals surface area contributed by atoms with Gasteiger partial charge >= 0.3 is 0 Å². The molecule has 0 aromatic carbocycles. The van der Waals surface area contributed by atoms with Crippen molar-refractivity contribution in [2.75, 3.05) is 19.6 Å². The van der Waals surface area contributed by atoms with Gasteiger partial charge in [0, 0.05) is 6.54 Å². The normalized spacial score (nSPS) is 28.0. The zero-order valence-electron chi connectivity index (χ0n) is 7.97. The molecule has 0 unspecified atom stereocenters. The average molecular weight is 166 g/mol. The summed E-state index contributed by atoms with van der Waals surface area (Å²) in [7, 11) is 0. The van der Waals surface area contributed by atoms with Crippen molar-refractivity contribution < 1.29 is 0 Å². The molecular formula is C11H20N. The van der Waals surface area contributed by atoms with Gasteiger partial charge in [-0.3, -0.25) is 0 Å². The van der Waals surface area contributed by atoms with E-state index in [0.29, 0.717) is 0 Å². The maximum Gasteiger partial charge on any atom is 0.000966 e. The number of nitrogens with zero attached hydrogens (tertiary/aromatic N) is 1. The Morgan fingerprint density at radius 2 is 1.75 bits per heavy atom. The van der Waals surface area contributed by atoms with Crippen LogP contribution < -0.4 is 0 Å². The van der Waals surface area contributed by atoms with Gasteiger partial charge in [0.15, 0.2) is 0 Å². The van der Waals surface area contributed by atoms with E-state index in [2.05, 4.69) is 11.3 Å². The Hall–Kier alpha value is -0.0400. The lowest BCUT2D eigenvalue weighted by Crippen LogP contribution is -2.27. The molecule has 1 aliphatic carbocycles. The SMILES string of the molecule is [CH]1CCC(CN2CCCC2)CC1. The minimum atomic E-state index is 1.02. The molecular weight excluding hydrogens is 146 g/mol. The van der Waals surface area contributed by atoms with Crippen LogP contribution in [0, 0.1) is 12.3 Å². The molecule has 0 amide bonds. The summed E-state index contributed by atoms with van der Waals surface area (Å²) >= 11 is 0. The molecule has 0 atom stereocenters. The van der Waals surface area contributed by atoms with Crippen molar-refractivity contribution in [3.05, 3.63) is 6.42 Å². The molecule has 1 aliphatic heterocycles. The molecule has 1 heterocycles. The van der Waals surface area contributed by atoms with Gasteiger partial charge in [0.05, 0.1) is 0 Å². The Labute approximate surface area is 76.1 Å². The van der Waals surface area contributed by atoms with E-state index in [-0.39, 0.29) is 0 Å². The molecule has 1 radical (unpaired) electrons. The van der Waals surface area contributed by atoms with Crippen molar-refractivity contribution in [1.29, 1.82) is 0 Å². The number of likely N-dealkylation sites (tertiary alicyclic amines) is 1. The molecule has 0 aromatic heterocycles. The first-order valence-corrected chi connectivity index (χ1v) is 5.49. The largest absolute Gasteiger partial charge is 0.303 e. The number of rotatable bonds is 2. The lowest BCUT2D eigenvalue weighted by atomic mass is 9.89. The highest BCUT2D eigenvalue weighted by molar-refractivity contribution is 4.79. The molecule has 69 valence electrons. The van der Waals surface area contributed by atoms with E-state index in [4.69, 9.17) is 0 Å². The Kier molecular flexibility index (Phi) is 3.04. The third-order valence-electron chi connectivity index (χ3n) is 3.27. The fourth-order valence-electron chi connectivity index (χ4n) is 2.51. The van der Waals surface area contributed by atoms with Gasteiger partial charge in [-0.05, 0) is 64.0 Å². The Balaban J connectivity index is 1.69. The second-order valence-corrected chi connectivity index (χ2v) is 4.32. The highest BCUT2D eigenvalue weighted by Crippen LogP contribution is 2.24. The summed E-state index contributed by atoms with van der Waals surface area (Å²) in [6, 6.07) is 0. The molecule has 1 saturated heterocycles. The number of hydrogen-bond acceptors (Lipinski definition) is 1. The minimum Gasteiger partial charge on any atom is -0.303 e. The van der Waals surface area contributed by atoms with E-state index in [0.717, 1.165) is 5.92 Å². The van der Waals surface area contributed by atoms with Crippen LogP contribution in [0.3, 0.4) is 0 Å². The van der Waals surface area contributed by atoms with Crippen LogP contribution in [0.25, 0.3) is 0 Å². The third-order valence-corrected chi connectivity index (χ3v) is 3.27. The molecule has 2 aliphatic rings. The fraction of sp³-hybridized carbons (Fsp3) is 0.909. The van der Waals surface area contributed by atoms with E-state index in [9.17, 15) is 0 Å². The van der Waals surface area contributed by atoms with Crippen molar-refractivity contribution in [3.8, 4) is 0 Å². The van der Waals surface area contributed by atoms with Gasteiger partial charge in [-0.25, -0.2) is 0 Å². The predicted octanol–water partition coefficient (Wildman–Crippen LogP) is 2.48. The maximum atomic E-state index is 2.66. The lowest BCUT2D eigenvalue weighted by molar-refractivity contribution is 0.247. The van der Waals surface area contributed by atoms with Gasteiger partial charge in [0.25, 0.3) is 0 Å². The van der Waals surface area contributed by atoms with Crippen LogP contribution in [0.2, 0.25) is 0 Å². The Morgan fingerprint density at radius 3 is 2.42 bits per heavy atom. The first kappa shape index (κ1) is 8.55. The topological polar surface area (TPSA) is 3.24 Å². The van der Waals surface area contributed by atoms with E-state index in [1.807, 2.05) is 0 Å². The van der Waals surface area contributed by atoms with E-state index in [1.54, 1.807) is 0 Å². The monoisotopic (exact) mass is 166 g/mol. The number of hydrogen-bond donors (Lipinski definition) is 0. The summed E-state index contributed by atoms with van der Waals surface area (Å²) in [4.78, 5) is 2.66. The van der Waals surface area contributed by atoms with Crippen molar-refractivity contribution in [2.45, 2.75) is 38.5 Å². The van der Waals surface area contributed by atoms with Crippen LogP contribution in [-0.4, -0.2) is 24.5 Å². The molecule has 2 fully saturated rings. The second kappa shape index (κ2) is 4.27. The zero-order chi connectivity index (χ0) is 8.23. The van der Waals surface area contributed by atoms with Crippen molar-refractivity contribution in [3.63, 3.8) is 0 Å². The van der Waals surface area contributed by atoms with Gasteiger partial charge in [-0.15, -0.1) is 0 Å². The first-order valence-electron chi connectivity index (χ1n) is 5.49. The molecule has 12 heavy (non-hydrogen) atoms. The highest BCUT2D eigenvalue weighted by atomic mass is 15.1. The molecule has 2 rings (SSSR count). The molecule has 1 nitrogen and oxygen atoms in total. The summed E-state index contributed by atoms with van der Waals surface area (Å²) in [5.74, 6) is 1.02. The quantitative estimate of drug-likeness (QED) is 0.609. The molecule has 1 heteroatoms. The van der Waals surface area contributed by atoms with Gasteiger partial charge < -0.3 is 4.90 Å². The van der Waals surface area contributed by atoms with E-state index < -0.39 is 0 Å². The molecule has 0 bridgehead atoms. The lowest BCUT2D eigenvalue weighted by Gasteiger charge is -2.26. The Morgan fingerprint density at radius 1 is 1.08 bits per heavy atom. The summed E-state index contributed by atoms with van der Waals surface area (Å²) in [5.41, 5.74) is 0. The van der Waals surface area contributed by atoms with Crippen molar-refractivity contribution in [2.24, 2.45) is 5.92 Å². The van der Waals surface area contributed by atoms with Gasteiger partial charge in [-0.2, -0.15) is 0 Å². The molecule has 0 aromatic rings. The molecule has 1 saturated carbocycles. The zero-order valence-corrected chi connectivity index (χ0v) is 7.97. The van der Waals surface area contributed by atoms with Crippen LogP contribution in [0.1, 0.15) is 38.5 Å². The molecule has 0 N–H and O–H groups in total. The van der Waals surface area contributed by atoms with Crippen LogP contribution in [0.4, 0.5) is 0 Å². The van der Waals surface area contributed by atoms with Crippen LogP contribution in [0.5, 0.6) is 0 Å². The smallest absolute Gasteiger partial charge is 0.000966 e. The van der Waals surface area contributed by atoms with E-state index in [1.165, 1.54) is 58.2 Å². The standard InChI is InChI=1S/C11H20N/c1-2-6-11(7-3-1)10-12-8-4-5-9-12/h1,11H,2-10H2. The van der Waals surface area contributed by atoms with Gasteiger partial charge in [0.2, 0.25) is 0 Å². The van der Waals surface area contributed by atoms with Crippen LogP contribution in [-0.2, 0) is 0 Å². The highest BCUT2D eigenvalue weighted by Gasteiger charge is 2.19.